The standard InChI is InChI=1S/C18H26N2O4S/c1-19-18(21)16-8-6-15(7-9-16)13-25(22,23)20-10-2-3-17(11-20)24-12-14-4-5-14/h6-9,14,17H,2-5,10-13H2,1H3,(H,19,21). The van der Waals surface area contributed by atoms with Gasteiger partial charge in [-0.1, -0.05) is 12.1 Å². The Morgan fingerprint density at radius 3 is 2.60 bits per heavy atom. The second kappa shape index (κ2) is 7.85. The summed E-state index contributed by atoms with van der Waals surface area (Å²) in [5, 5.41) is 2.55. The summed E-state index contributed by atoms with van der Waals surface area (Å²) in [7, 11) is -1.81. The van der Waals surface area contributed by atoms with Gasteiger partial charge >= 0.3 is 0 Å². The number of carbonyl (C=O) groups is 1. The maximum absolute atomic E-state index is 12.7. The first-order valence-electron chi connectivity index (χ1n) is 8.88. The van der Waals surface area contributed by atoms with E-state index in [4.69, 9.17) is 4.74 Å². The molecule has 1 saturated heterocycles. The van der Waals surface area contributed by atoms with Gasteiger partial charge in [-0.3, -0.25) is 4.79 Å². The zero-order valence-electron chi connectivity index (χ0n) is 14.6. The van der Waals surface area contributed by atoms with E-state index < -0.39 is 10.0 Å². The van der Waals surface area contributed by atoms with E-state index in [2.05, 4.69) is 5.32 Å². The fourth-order valence-corrected chi connectivity index (χ4v) is 4.65. The highest BCUT2D eigenvalue weighted by Crippen LogP contribution is 2.30. The summed E-state index contributed by atoms with van der Waals surface area (Å²) in [6.07, 6.45) is 4.26. The molecule has 0 radical (unpaired) electrons. The van der Waals surface area contributed by atoms with E-state index in [1.165, 1.54) is 12.8 Å². The Morgan fingerprint density at radius 1 is 1.24 bits per heavy atom. The van der Waals surface area contributed by atoms with Gasteiger partial charge in [-0.05, 0) is 49.3 Å². The predicted molar refractivity (Wildman–Crippen MR) is 95.7 cm³/mol. The molecule has 1 N–H and O–H groups in total. The highest BCUT2D eigenvalue weighted by atomic mass is 32.2. The number of benzene rings is 1. The van der Waals surface area contributed by atoms with Crippen LogP contribution in [0.4, 0.5) is 0 Å². The van der Waals surface area contributed by atoms with Crippen molar-refractivity contribution in [3.8, 4) is 0 Å². The Morgan fingerprint density at radius 2 is 1.96 bits per heavy atom. The van der Waals surface area contributed by atoms with Crippen molar-refractivity contribution in [2.75, 3.05) is 26.7 Å². The Kier molecular flexibility index (Phi) is 5.76. The Labute approximate surface area is 149 Å². The quantitative estimate of drug-likeness (QED) is 0.798. The van der Waals surface area contributed by atoms with E-state index in [1.807, 2.05) is 0 Å². The van der Waals surface area contributed by atoms with Crippen LogP contribution in [0.2, 0.25) is 0 Å². The molecule has 1 unspecified atom stereocenters. The summed E-state index contributed by atoms with van der Waals surface area (Å²) >= 11 is 0. The van der Waals surface area contributed by atoms with Crippen molar-refractivity contribution in [1.82, 2.24) is 9.62 Å². The van der Waals surface area contributed by atoms with Crippen LogP contribution in [-0.4, -0.2) is 51.5 Å². The third-order valence-corrected chi connectivity index (χ3v) is 6.61. The van der Waals surface area contributed by atoms with Crippen LogP contribution in [-0.2, 0) is 20.5 Å². The van der Waals surface area contributed by atoms with Crippen LogP contribution in [0, 0.1) is 5.92 Å². The molecule has 1 aliphatic carbocycles. The third-order valence-electron chi connectivity index (χ3n) is 4.79. The zero-order chi connectivity index (χ0) is 17.9. The molecule has 1 aromatic carbocycles. The molecule has 1 aliphatic heterocycles. The number of amides is 1. The highest BCUT2D eigenvalue weighted by Gasteiger charge is 2.31. The molecule has 2 fully saturated rings. The fraction of sp³-hybridized carbons (Fsp3) is 0.611. The molecule has 0 spiro atoms. The topological polar surface area (TPSA) is 75.7 Å². The predicted octanol–water partition coefficient (Wildman–Crippen LogP) is 1.77. The van der Waals surface area contributed by atoms with Crippen molar-refractivity contribution >= 4 is 15.9 Å². The lowest BCUT2D eigenvalue weighted by molar-refractivity contribution is 0.0132. The monoisotopic (exact) mass is 366 g/mol. The minimum Gasteiger partial charge on any atom is -0.377 e. The van der Waals surface area contributed by atoms with Crippen molar-refractivity contribution in [1.29, 1.82) is 0 Å². The van der Waals surface area contributed by atoms with Gasteiger partial charge in [0.25, 0.3) is 5.91 Å². The summed E-state index contributed by atoms with van der Waals surface area (Å²) in [6, 6.07) is 6.71. The minimum absolute atomic E-state index is 0.0137. The molecule has 25 heavy (non-hydrogen) atoms. The summed E-state index contributed by atoms with van der Waals surface area (Å²) in [5.74, 6) is 0.461. The average Bonchev–Trinajstić information content (AvgIpc) is 3.44. The number of nitrogens with zero attached hydrogens (tertiary/aromatic N) is 1. The van der Waals surface area contributed by atoms with E-state index >= 15 is 0 Å². The molecular formula is C18H26N2O4S. The van der Waals surface area contributed by atoms with Crippen molar-refractivity contribution in [3.63, 3.8) is 0 Å². The maximum atomic E-state index is 12.7. The average molecular weight is 366 g/mol. The van der Waals surface area contributed by atoms with Gasteiger partial charge in [0, 0.05) is 32.3 Å². The number of piperidine rings is 1. The normalized spacial score (nSPS) is 21.9. The lowest BCUT2D eigenvalue weighted by Gasteiger charge is -2.32. The van der Waals surface area contributed by atoms with E-state index in [0.717, 1.165) is 19.4 Å². The van der Waals surface area contributed by atoms with Gasteiger partial charge in [-0.2, -0.15) is 4.31 Å². The molecule has 0 bridgehead atoms. The van der Waals surface area contributed by atoms with Crippen LogP contribution >= 0.6 is 0 Å². The SMILES string of the molecule is CNC(=O)c1ccc(CS(=O)(=O)N2CCCC(OCC3CC3)C2)cc1. The lowest BCUT2D eigenvalue weighted by Crippen LogP contribution is -2.43. The maximum Gasteiger partial charge on any atom is 0.251 e. The second-order valence-corrected chi connectivity index (χ2v) is 8.90. The molecule has 1 atom stereocenters. The van der Waals surface area contributed by atoms with Gasteiger partial charge in [0.05, 0.1) is 11.9 Å². The second-order valence-electron chi connectivity index (χ2n) is 6.93. The Bertz CT molecular complexity index is 698. The first kappa shape index (κ1) is 18.4. The molecule has 1 aromatic rings. The van der Waals surface area contributed by atoms with Crippen LogP contribution in [0.25, 0.3) is 0 Å². The number of sulfonamides is 1. The molecule has 138 valence electrons. The Balaban J connectivity index is 1.59. The molecule has 2 aliphatic rings. The van der Waals surface area contributed by atoms with E-state index in [0.29, 0.717) is 30.1 Å². The minimum atomic E-state index is -3.38. The van der Waals surface area contributed by atoms with Crippen LogP contribution in [0.5, 0.6) is 0 Å². The molecule has 7 heteroatoms. The summed E-state index contributed by atoms with van der Waals surface area (Å²) < 4.78 is 32.9. The highest BCUT2D eigenvalue weighted by molar-refractivity contribution is 7.88. The summed E-state index contributed by atoms with van der Waals surface area (Å²) in [6.45, 7) is 1.77. The Hall–Kier alpha value is -1.44. The molecule has 1 heterocycles. The van der Waals surface area contributed by atoms with Gasteiger partial charge in [0.2, 0.25) is 10.0 Å². The summed E-state index contributed by atoms with van der Waals surface area (Å²) in [5.41, 5.74) is 1.21. The first-order chi connectivity index (χ1) is 12.0. The van der Waals surface area contributed by atoms with E-state index in [9.17, 15) is 13.2 Å². The zero-order valence-corrected chi connectivity index (χ0v) is 15.4. The fourth-order valence-electron chi connectivity index (χ4n) is 3.05. The molecule has 1 saturated carbocycles. The van der Waals surface area contributed by atoms with Crippen molar-refractivity contribution in [2.45, 2.75) is 37.5 Å². The largest absolute Gasteiger partial charge is 0.377 e. The third kappa shape index (κ3) is 5.03. The van der Waals surface area contributed by atoms with Gasteiger partial charge in [0.15, 0.2) is 0 Å². The first-order valence-corrected chi connectivity index (χ1v) is 10.5. The van der Waals surface area contributed by atoms with Crippen molar-refractivity contribution in [2.24, 2.45) is 5.92 Å². The molecule has 6 nitrogen and oxygen atoms in total. The summed E-state index contributed by atoms with van der Waals surface area (Å²) in [4.78, 5) is 11.6. The molecular weight excluding hydrogens is 340 g/mol. The van der Waals surface area contributed by atoms with Crippen molar-refractivity contribution in [3.05, 3.63) is 35.4 Å². The van der Waals surface area contributed by atoms with Gasteiger partial charge in [-0.15, -0.1) is 0 Å². The van der Waals surface area contributed by atoms with Crippen LogP contribution in [0.1, 0.15) is 41.6 Å². The lowest BCUT2D eigenvalue weighted by atomic mass is 10.1. The number of rotatable bonds is 7. The number of hydrogen-bond donors (Lipinski definition) is 1. The molecule has 1 amide bonds. The number of hydrogen-bond acceptors (Lipinski definition) is 4. The van der Waals surface area contributed by atoms with Gasteiger partial charge < -0.3 is 10.1 Å². The van der Waals surface area contributed by atoms with Crippen LogP contribution < -0.4 is 5.32 Å². The van der Waals surface area contributed by atoms with E-state index in [1.54, 1.807) is 35.6 Å². The number of ether oxygens (including phenoxy) is 1. The smallest absolute Gasteiger partial charge is 0.251 e. The molecule has 3 rings (SSSR count). The van der Waals surface area contributed by atoms with Gasteiger partial charge in [0.1, 0.15) is 0 Å². The molecule has 0 aromatic heterocycles. The van der Waals surface area contributed by atoms with E-state index in [-0.39, 0.29) is 17.8 Å². The number of carbonyl (C=O) groups excluding carboxylic acids is 1. The van der Waals surface area contributed by atoms with Crippen molar-refractivity contribution < 1.29 is 17.9 Å². The number of nitrogens with one attached hydrogen (secondary N) is 1. The van der Waals surface area contributed by atoms with Crippen LogP contribution in [0.15, 0.2) is 24.3 Å². The van der Waals surface area contributed by atoms with Gasteiger partial charge in [-0.25, -0.2) is 8.42 Å². The van der Waals surface area contributed by atoms with Crippen LogP contribution in [0.3, 0.4) is 0 Å².